The molecule has 2 aromatic rings. The molecule has 0 atom stereocenters. The minimum atomic E-state index is -3.91. The van der Waals surface area contributed by atoms with E-state index in [0.29, 0.717) is 9.50 Å². The molecule has 0 saturated heterocycles. The van der Waals surface area contributed by atoms with Crippen molar-refractivity contribution in [3.63, 3.8) is 0 Å². The maximum absolute atomic E-state index is 13.6. The number of hydrogen-bond acceptors (Lipinski definition) is 2. The first-order valence-corrected chi connectivity index (χ1v) is 8.26. The van der Waals surface area contributed by atoms with Gasteiger partial charge in [-0.25, -0.2) is 12.8 Å². The van der Waals surface area contributed by atoms with Gasteiger partial charge in [-0.15, -0.1) is 0 Å². The molecule has 0 aliphatic carbocycles. The smallest absolute Gasteiger partial charge is 0.262 e. The standard InChI is InChI=1S/C12H7BrCl2FNO2S/c13-9-6-8(2-3-10(9)15)20(18,19)17-12-4-1-7(14)5-11(12)16/h1-6,17H. The molecule has 0 amide bonds. The molecule has 0 bridgehead atoms. The van der Waals surface area contributed by atoms with Crippen LogP contribution in [0.2, 0.25) is 10.0 Å². The Hall–Kier alpha value is -0.820. The largest absolute Gasteiger partial charge is 0.277 e. The lowest BCUT2D eigenvalue weighted by molar-refractivity contribution is 0.598. The van der Waals surface area contributed by atoms with Gasteiger partial charge in [-0.1, -0.05) is 23.2 Å². The number of anilines is 1. The van der Waals surface area contributed by atoms with E-state index in [9.17, 15) is 12.8 Å². The predicted octanol–water partition coefficient (Wildman–Crippen LogP) is 4.70. The monoisotopic (exact) mass is 397 g/mol. The average Bonchev–Trinajstić information content (AvgIpc) is 2.36. The Morgan fingerprint density at radius 1 is 1.10 bits per heavy atom. The maximum Gasteiger partial charge on any atom is 0.262 e. The summed E-state index contributed by atoms with van der Waals surface area (Å²) in [6.07, 6.45) is 0. The second-order valence-electron chi connectivity index (χ2n) is 3.81. The van der Waals surface area contributed by atoms with Crippen molar-refractivity contribution in [1.82, 2.24) is 0 Å². The summed E-state index contributed by atoms with van der Waals surface area (Å²) >= 11 is 14.5. The molecule has 106 valence electrons. The van der Waals surface area contributed by atoms with Crippen LogP contribution < -0.4 is 4.72 Å². The van der Waals surface area contributed by atoms with Crippen LogP contribution in [0.5, 0.6) is 0 Å². The molecule has 0 aliphatic heterocycles. The van der Waals surface area contributed by atoms with E-state index in [2.05, 4.69) is 20.7 Å². The molecule has 0 aromatic heterocycles. The van der Waals surface area contributed by atoms with E-state index < -0.39 is 15.8 Å². The average molecular weight is 399 g/mol. The zero-order chi connectivity index (χ0) is 14.9. The number of benzene rings is 2. The lowest BCUT2D eigenvalue weighted by Gasteiger charge is -2.09. The van der Waals surface area contributed by atoms with E-state index in [-0.39, 0.29) is 15.6 Å². The molecule has 0 heterocycles. The highest BCUT2D eigenvalue weighted by Gasteiger charge is 2.17. The van der Waals surface area contributed by atoms with Gasteiger partial charge in [0.05, 0.1) is 15.6 Å². The first-order chi connectivity index (χ1) is 9.29. The summed E-state index contributed by atoms with van der Waals surface area (Å²) in [5.74, 6) is -0.755. The number of hydrogen-bond donors (Lipinski definition) is 1. The Morgan fingerprint density at radius 3 is 2.40 bits per heavy atom. The molecule has 0 unspecified atom stereocenters. The minimum absolute atomic E-state index is 0.0388. The number of nitrogens with one attached hydrogen (secondary N) is 1. The Labute approximate surface area is 133 Å². The molecule has 2 rings (SSSR count). The molecule has 0 saturated carbocycles. The summed E-state index contributed by atoms with van der Waals surface area (Å²) in [6, 6.07) is 7.75. The summed E-state index contributed by atoms with van der Waals surface area (Å²) in [5.41, 5.74) is -0.180. The highest BCUT2D eigenvalue weighted by Crippen LogP contribution is 2.27. The van der Waals surface area contributed by atoms with Crippen molar-refractivity contribution in [2.75, 3.05) is 4.72 Å². The van der Waals surface area contributed by atoms with Gasteiger partial charge in [-0.05, 0) is 52.3 Å². The fraction of sp³-hybridized carbons (Fsp3) is 0. The highest BCUT2D eigenvalue weighted by atomic mass is 79.9. The Kier molecular flexibility index (Phi) is 4.59. The lowest BCUT2D eigenvalue weighted by atomic mass is 10.3. The predicted molar refractivity (Wildman–Crippen MR) is 81.4 cm³/mol. The van der Waals surface area contributed by atoms with Crippen LogP contribution in [-0.4, -0.2) is 8.42 Å². The van der Waals surface area contributed by atoms with E-state index in [0.717, 1.165) is 6.07 Å². The molecule has 8 heteroatoms. The summed E-state index contributed by atoms with van der Waals surface area (Å²) < 4.78 is 40.4. The van der Waals surface area contributed by atoms with Gasteiger partial charge in [0.25, 0.3) is 10.0 Å². The van der Waals surface area contributed by atoms with Crippen molar-refractivity contribution >= 4 is 54.8 Å². The van der Waals surface area contributed by atoms with Gasteiger partial charge in [0.15, 0.2) is 0 Å². The van der Waals surface area contributed by atoms with Gasteiger partial charge < -0.3 is 0 Å². The van der Waals surface area contributed by atoms with Crippen LogP contribution in [0.1, 0.15) is 0 Å². The molecule has 20 heavy (non-hydrogen) atoms. The Bertz CT molecular complexity index is 768. The maximum atomic E-state index is 13.6. The van der Waals surface area contributed by atoms with Crippen LogP contribution in [-0.2, 0) is 10.0 Å². The fourth-order valence-electron chi connectivity index (χ4n) is 1.42. The van der Waals surface area contributed by atoms with Crippen molar-refractivity contribution in [3.05, 3.63) is 56.7 Å². The molecule has 0 spiro atoms. The molecule has 0 radical (unpaired) electrons. The first-order valence-electron chi connectivity index (χ1n) is 5.22. The van der Waals surface area contributed by atoms with E-state index in [1.54, 1.807) is 0 Å². The molecule has 0 fully saturated rings. The number of halogens is 4. The lowest BCUT2D eigenvalue weighted by Crippen LogP contribution is -2.14. The Morgan fingerprint density at radius 2 is 1.80 bits per heavy atom. The van der Waals surface area contributed by atoms with E-state index >= 15 is 0 Å². The molecule has 2 aromatic carbocycles. The molecule has 0 aliphatic rings. The normalized spacial score (nSPS) is 11.4. The van der Waals surface area contributed by atoms with Gasteiger partial charge in [-0.2, -0.15) is 0 Å². The van der Waals surface area contributed by atoms with Crippen LogP contribution >= 0.6 is 39.1 Å². The zero-order valence-electron chi connectivity index (χ0n) is 9.70. The van der Waals surface area contributed by atoms with Gasteiger partial charge in [0.2, 0.25) is 0 Å². The molecule has 3 nitrogen and oxygen atoms in total. The van der Waals surface area contributed by atoms with Crippen LogP contribution in [0, 0.1) is 5.82 Å². The van der Waals surface area contributed by atoms with E-state index in [4.69, 9.17) is 23.2 Å². The van der Waals surface area contributed by atoms with Crippen molar-refractivity contribution in [2.24, 2.45) is 0 Å². The summed E-state index contributed by atoms with van der Waals surface area (Å²) in [4.78, 5) is -0.0388. The quantitative estimate of drug-likeness (QED) is 0.814. The third-order valence-corrected chi connectivity index (χ3v) is 5.19. The summed E-state index contributed by atoms with van der Waals surface area (Å²) in [7, 11) is -3.91. The Balaban J connectivity index is 2.38. The third kappa shape index (κ3) is 3.44. The molecule has 1 N–H and O–H groups in total. The SMILES string of the molecule is O=S(=O)(Nc1ccc(Cl)cc1F)c1ccc(Cl)c(Br)c1. The second-order valence-corrected chi connectivity index (χ2v) is 7.19. The highest BCUT2D eigenvalue weighted by molar-refractivity contribution is 9.10. The second kappa shape index (κ2) is 5.89. The third-order valence-electron chi connectivity index (χ3n) is 2.38. The number of rotatable bonds is 3. The summed E-state index contributed by atoms with van der Waals surface area (Å²) in [5, 5.41) is 0.557. The van der Waals surface area contributed by atoms with E-state index in [1.807, 2.05) is 0 Å². The van der Waals surface area contributed by atoms with Gasteiger partial charge >= 0.3 is 0 Å². The first kappa shape index (κ1) is 15.6. The topological polar surface area (TPSA) is 46.2 Å². The van der Waals surface area contributed by atoms with Crippen molar-refractivity contribution in [3.8, 4) is 0 Å². The van der Waals surface area contributed by atoms with Crippen molar-refractivity contribution in [1.29, 1.82) is 0 Å². The molecular formula is C12H7BrCl2FNO2S. The van der Waals surface area contributed by atoms with Gasteiger partial charge in [0, 0.05) is 9.50 Å². The fourth-order valence-corrected chi connectivity index (χ4v) is 3.32. The van der Waals surface area contributed by atoms with E-state index in [1.165, 1.54) is 30.3 Å². The van der Waals surface area contributed by atoms with Crippen molar-refractivity contribution < 1.29 is 12.8 Å². The van der Waals surface area contributed by atoms with Crippen LogP contribution in [0.4, 0.5) is 10.1 Å². The van der Waals surface area contributed by atoms with Gasteiger partial charge in [0.1, 0.15) is 5.82 Å². The van der Waals surface area contributed by atoms with Gasteiger partial charge in [-0.3, -0.25) is 4.72 Å². The summed E-state index contributed by atoms with van der Waals surface area (Å²) in [6.45, 7) is 0. The molecular weight excluding hydrogens is 392 g/mol. The van der Waals surface area contributed by atoms with Crippen LogP contribution in [0.15, 0.2) is 45.8 Å². The minimum Gasteiger partial charge on any atom is -0.277 e. The number of sulfonamides is 1. The van der Waals surface area contributed by atoms with Crippen LogP contribution in [0.3, 0.4) is 0 Å². The van der Waals surface area contributed by atoms with Crippen LogP contribution in [0.25, 0.3) is 0 Å². The van der Waals surface area contributed by atoms with Crippen molar-refractivity contribution in [2.45, 2.75) is 4.90 Å². The zero-order valence-corrected chi connectivity index (χ0v) is 13.6.